The minimum Gasteiger partial charge on any atom is -0.364 e. The summed E-state index contributed by atoms with van der Waals surface area (Å²) in [6.45, 7) is 3.31. The number of amides is 2. The van der Waals surface area contributed by atoms with Crippen molar-refractivity contribution in [2.75, 3.05) is 26.2 Å². The maximum atomic E-state index is 13.2. The Balaban J connectivity index is 1.28. The van der Waals surface area contributed by atoms with Gasteiger partial charge in [-0.25, -0.2) is 0 Å². The van der Waals surface area contributed by atoms with Crippen molar-refractivity contribution in [3.05, 3.63) is 74.8 Å². The van der Waals surface area contributed by atoms with E-state index in [1.165, 1.54) is 15.9 Å². The first-order valence-corrected chi connectivity index (χ1v) is 13.0. The van der Waals surface area contributed by atoms with Crippen LogP contribution < -0.4 is 16.2 Å². The van der Waals surface area contributed by atoms with Crippen LogP contribution in [0, 0.1) is 4.77 Å². The van der Waals surface area contributed by atoms with Crippen LogP contribution in [-0.2, 0) is 11.3 Å². The Hall–Kier alpha value is -3.30. The number of hydrogen-bond donors (Lipinski definition) is 3. The summed E-state index contributed by atoms with van der Waals surface area (Å²) in [6.07, 6.45) is 4.65. The van der Waals surface area contributed by atoms with Crippen molar-refractivity contribution >= 4 is 34.9 Å². The minimum atomic E-state index is -0.562. The molecule has 5 rings (SSSR count). The number of carbonyl (C=O) groups is 2. The highest BCUT2D eigenvalue weighted by Crippen LogP contribution is 2.22. The zero-order chi connectivity index (χ0) is 25.3. The average molecular weight is 507 g/mol. The number of H-pyrrole nitrogens is 1. The second-order valence-corrected chi connectivity index (χ2v) is 10.4. The third-order valence-corrected chi connectivity index (χ3v) is 8.26. The van der Waals surface area contributed by atoms with Gasteiger partial charge in [-0.3, -0.25) is 19.0 Å². The van der Waals surface area contributed by atoms with Crippen LogP contribution >= 0.6 is 12.2 Å². The standard InChI is InChI=1S/C27H31N5O3S/c28-25(35)27(31-14-4-1-5-15-31)12-16-30(17-13-27)23(33)20-10-8-19(9-11-20)18-32-24(34)21-6-2-3-7-22(21)29-26(32)36/h2-3,6-11H,1,4-5,12-18H2,(H2,28,35)(H,29,36)/p+1. The Labute approximate surface area is 214 Å². The van der Waals surface area contributed by atoms with E-state index in [9.17, 15) is 14.4 Å². The number of carbonyl (C=O) groups excluding carboxylic acids is 2. The summed E-state index contributed by atoms with van der Waals surface area (Å²) in [7, 11) is 0. The number of likely N-dealkylation sites (tertiary alicyclic amines) is 2. The summed E-state index contributed by atoms with van der Waals surface area (Å²) in [5, 5.41) is 0.585. The number of fused-ring (bicyclic) bond motifs is 1. The van der Waals surface area contributed by atoms with E-state index in [4.69, 9.17) is 18.0 Å². The van der Waals surface area contributed by atoms with Gasteiger partial charge < -0.3 is 20.5 Å². The molecule has 2 amide bonds. The molecule has 2 saturated heterocycles. The van der Waals surface area contributed by atoms with Crippen molar-refractivity contribution in [2.45, 2.75) is 44.2 Å². The van der Waals surface area contributed by atoms with Gasteiger partial charge in [-0.15, -0.1) is 0 Å². The topological polar surface area (TPSA) is 106 Å². The Morgan fingerprint density at radius 2 is 1.67 bits per heavy atom. The van der Waals surface area contributed by atoms with Gasteiger partial charge in [0, 0.05) is 31.5 Å². The number of aromatic nitrogens is 2. The number of benzene rings is 2. The van der Waals surface area contributed by atoms with Crippen LogP contribution in [0.4, 0.5) is 0 Å². The number of primary amides is 1. The zero-order valence-electron chi connectivity index (χ0n) is 20.3. The predicted octanol–water partition coefficient (Wildman–Crippen LogP) is 1.64. The fourth-order valence-corrected chi connectivity index (χ4v) is 6.04. The average Bonchev–Trinajstić information content (AvgIpc) is 2.91. The van der Waals surface area contributed by atoms with E-state index in [0.29, 0.717) is 53.7 Å². The largest absolute Gasteiger partial charge is 0.364 e. The fourth-order valence-electron chi connectivity index (χ4n) is 5.78. The molecule has 0 unspecified atom stereocenters. The van der Waals surface area contributed by atoms with Crippen LogP contribution in [0.1, 0.15) is 48.0 Å². The van der Waals surface area contributed by atoms with Crippen LogP contribution in [0.25, 0.3) is 10.9 Å². The zero-order valence-corrected chi connectivity index (χ0v) is 21.1. The van der Waals surface area contributed by atoms with Gasteiger partial charge in [-0.05, 0) is 61.3 Å². The maximum Gasteiger partial charge on any atom is 0.278 e. The molecule has 2 aliphatic heterocycles. The predicted molar refractivity (Wildman–Crippen MR) is 141 cm³/mol. The van der Waals surface area contributed by atoms with Crippen LogP contribution in [0.3, 0.4) is 0 Å². The number of nitrogens with two attached hydrogens (primary N) is 1. The third-order valence-electron chi connectivity index (χ3n) is 7.94. The number of nitrogens with zero attached hydrogens (tertiary/aromatic N) is 2. The monoisotopic (exact) mass is 506 g/mol. The first-order valence-electron chi connectivity index (χ1n) is 12.6. The van der Waals surface area contributed by atoms with Gasteiger partial charge >= 0.3 is 0 Å². The van der Waals surface area contributed by atoms with Crippen molar-refractivity contribution in [3.63, 3.8) is 0 Å². The Morgan fingerprint density at radius 3 is 2.33 bits per heavy atom. The molecule has 2 aromatic carbocycles. The number of aromatic amines is 1. The van der Waals surface area contributed by atoms with Crippen LogP contribution in [0.2, 0.25) is 0 Å². The van der Waals surface area contributed by atoms with E-state index in [-0.39, 0.29) is 17.4 Å². The molecule has 0 radical (unpaired) electrons. The number of nitrogens with one attached hydrogen (secondary N) is 2. The van der Waals surface area contributed by atoms with Gasteiger partial charge in [0.15, 0.2) is 10.3 Å². The molecule has 0 spiro atoms. The van der Waals surface area contributed by atoms with Gasteiger partial charge in [0.1, 0.15) is 0 Å². The first kappa shape index (κ1) is 24.4. The number of rotatable bonds is 5. The fraction of sp³-hybridized carbons (Fsp3) is 0.407. The van der Waals surface area contributed by atoms with Crippen molar-refractivity contribution in [1.29, 1.82) is 0 Å². The molecule has 0 aliphatic carbocycles. The molecule has 2 aliphatic rings. The van der Waals surface area contributed by atoms with Gasteiger partial charge in [0.05, 0.1) is 30.5 Å². The highest BCUT2D eigenvalue weighted by molar-refractivity contribution is 7.71. The highest BCUT2D eigenvalue weighted by atomic mass is 32.1. The second kappa shape index (κ2) is 9.99. The summed E-state index contributed by atoms with van der Waals surface area (Å²) in [5.74, 6) is -0.286. The molecule has 3 aromatic rings. The molecule has 8 nitrogen and oxygen atoms in total. The SMILES string of the molecule is NC(=O)C1([NH+]2CCCCC2)CCN(C(=O)c2ccc(Cn3c(=S)[nH]c4ccccc4c3=O)cc2)CC1. The van der Waals surface area contributed by atoms with E-state index in [1.807, 2.05) is 35.2 Å². The third kappa shape index (κ3) is 4.49. The van der Waals surface area contributed by atoms with Crippen molar-refractivity contribution in [2.24, 2.45) is 5.73 Å². The van der Waals surface area contributed by atoms with E-state index in [1.54, 1.807) is 18.2 Å². The molecule has 36 heavy (non-hydrogen) atoms. The molecule has 3 heterocycles. The smallest absolute Gasteiger partial charge is 0.278 e. The van der Waals surface area contributed by atoms with Gasteiger partial charge in [-0.1, -0.05) is 24.3 Å². The normalized spacial score (nSPS) is 18.3. The molecule has 0 atom stereocenters. The summed E-state index contributed by atoms with van der Waals surface area (Å²) in [4.78, 5) is 44.9. The number of hydrogen-bond acceptors (Lipinski definition) is 4. The van der Waals surface area contributed by atoms with Crippen LogP contribution in [-0.4, -0.2) is 58.0 Å². The summed E-state index contributed by atoms with van der Waals surface area (Å²) < 4.78 is 1.90. The van der Waals surface area contributed by atoms with Crippen LogP contribution in [0.15, 0.2) is 53.3 Å². The number of piperidine rings is 2. The summed E-state index contributed by atoms with van der Waals surface area (Å²) >= 11 is 5.41. The molecule has 0 bridgehead atoms. The lowest BCUT2D eigenvalue weighted by Gasteiger charge is -2.45. The van der Waals surface area contributed by atoms with E-state index in [0.717, 1.165) is 31.5 Å². The molecule has 2 fully saturated rings. The number of para-hydroxylation sites is 1. The van der Waals surface area contributed by atoms with Gasteiger partial charge in [-0.2, -0.15) is 0 Å². The van der Waals surface area contributed by atoms with Crippen LogP contribution in [0.5, 0.6) is 0 Å². The molecule has 1 aromatic heterocycles. The lowest BCUT2D eigenvalue weighted by Crippen LogP contribution is -3.22. The van der Waals surface area contributed by atoms with Crippen molar-refractivity contribution in [3.8, 4) is 0 Å². The molecule has 0 saturated carbocycles. The maximum absolute atomic E-state index is 13.2. The first-order chi connectivity index (χ1) is 17.4. The van der Waals surface area contributed by atoms with E-state index in [2.05, 4.69) is 4.98 Å². The lowest BCUT2D eigenvalue weighted by atomic mass is 9.83. The molecule has 4 N–H and O–H groups in total. The molecule has 9 heteroatoms. The quantitative estimate of drug-likeness (QED) is 0.458. The minimum absolute atomic E-state index is 0.0478. The Kier molecular flexibility index (Phi) is 6.77. The number of quaternary nitrogens is 1. The Morgan fingerprint density at radius 1 is 1.00 bits per heavy atom. The molecular weight excluding hydrogens is 474 g/mol. The van der Waals surface area contributed by atoms with Crippen molar-refractivity contribution in [1.82, 2.24) is 14.5 Å². The van der Waals surface area contributed by atoms with E-state index >= 15 is 0 Å². The molecular formula is C27H32N5O3S+. The Bertz CT molecular complexity index is 1400. The van der Waals surface area contributed by atoms with Crippen molar-refractivity contribution < 1.29 is 14.5 Å². The van der Waals surface area contributed by atoms with E-state index < -0.39 is 5.54 Å². The molecule has 188 valence electrons. The van der Waals surface area contributed by atoms with Gasteiger partial charge in [0.25, 0.3) is 17.4 Å². The summed E-state index contributed by atoms with van der Waals surface area (Å²) in [5.41, 5.74) is 7.38. The second-order valence-electron chi connectivity index (χ2n) is 9.97. The van der Waals surface area contributed by atoms with Gasteiger partial charge in [0.2, 0.25) is 0 Å². The highest BCUT2D eigenvalue weighted by Gasteiger charge is 2.49. The summed E-state index contributed by atoms with van der Waals surface area (Å²) in [6, 6.07) is 14.6. The lowest BCUT2D eigenvalue weighted by molar-refractivity contribution is -0.948.